The molecule has 2 atom stereocenters. The van der Waals surface area contributed by atoms with Crippen LogP contribution in [0.1, 0.15) is 38.2 Å². The highest BCUT2D eigenvalue weighted by atomic mass is 16.5. The number of nitrogens with one attached hydrogen (secondary N) is 2. The van der Waals surface area contributed by atoms with Crippen molar-refractivity contribution in [3.63, 3.8) is 0 Å². The Hall–Kier alpha value is -2.65. The second kappa shape index (κ2) is 10.5. The molecule has 1 saturated carbocycles. The topological polar surface area (TPSA) is 100 Å². The standard InChI is InChI=1S/C24H34N4O5/c1-18-5-2-3-8-24(18)22(30)28(23(31)26-24)17-21(29)25-16-19-6-4-7-20(15-19)33-14-11-27-9-12-32-13-10-27/h4,6-7,15,18H,2-3,5,8-14,16-17H2,1H3,(H,25,29)(H,26,31). The molecule has 0 aromatic heterocycles. The lowest BCUT2D eigenvalue weighted by atomic mass is 9.73. The number of carbonyl (C=O) groups is 3. The van der Waals surface area contributed by atoms with Gasteiger partial charge in [0.05, 0.1) is 13.2 Å². The number of nitrogens with zero attached hydrogens (tertiary/aromatic N) is 2. The van der Waals surface area contributed by atoms with Crippen LogP contribution >= 0.6 is 0 Å². The van der Waals surface area contributed by atoms with Gasteiger partial charge in [0, 0.05) is 26.2 Å². The second-order valence-corrected chi connectivity index (χ2v) is 9.17. The Balaban J connectivity index is 1.24. The molecule has 9 heteroatoms. The largest absolute Gasteiger partial charge is 0.492 e. The van der Waals surface area contributed by atoms with Crippen LogP contribution in [-0.4, -0.2) is 79.2 Å². The summed E-state index contributed by atoms with van der Waals surface area (Å²) in [5.74, 6) is 0.183. The molecule has 0 radical (unpaired) electrons. The number of hydrogen-bond acceptors (Lipinski definition) is 6. The summed E-state index contributed by atoms with van der Waals surface area (Å²) in [6.45, 7) is 6.83. The minimum atomic E-state index is -0.845. The molecule has 3 aliphatic rings. The van der Waals surface area contributed by atoms with E-state index in [-0.39, 0.29) is 24.3 Å². The number of benzene rings is 1. The normalized spacial score (nSPS) is 25.8. The van der Waals surface area contributed by atoms with Crippen LogP contribution in [0.5, 0.6) is 5.75 Å². The SMILES string of the molecule is CC1CCCCC12NC(=O)N(CC(=O)NCc1cccc(OCCN3CCOCC3)c1)C2=O. The van der Waals surface area contributed by atoms with Crippen LogP contribution in [0.15, 0.2) is 24.3 Å². The molecule has 0 bridgehead atoms. The number of imide groups is 1. The Morgan fingerprint density at radius 1 is 1.27 bits per heavy atom. The van der Waals surface area contributed by atoms with Gasteiger partial charge >= 0.3 is 6.03 Å². The van der Waals surface area contributed by atoms with Gasteiger partial charge in [0.25, 0.3) is 5.91 Å². The Labute approximate surface area is 194 Å². The summed E-state index contributed by atoms with van der Waals surface area (Å²) in [6, 6.07) is 7.10. The van der Waals surface area contributed by atoms with Gasteiger partial charge < -0.3 is 20.1 Å². The number of ether oxygens (including phenoxy) is 2. The van der Waals surface area contributed by atoms with Crippen LogP contribution in [0.2, 0.25) is 0 Å². The van der Waals surface area contributed by atoms with Crippen molar-refractivity contribution in [2.45, 2.75) is 44.7 Å². The minimum absolute atomic E-state index is 0.0711. The van der Waals surface area contributed by atoms with Crippen molar-refractivity contribution >= 4 is 17.8 Å². The first-order valence-electron chi connectivity index (χ1n) is 11.9. The molecule has 3 fully saturated rings. The van der Waals surface area contributed by atoms with Crippen LogP contribution in [0, 0.1) is 5.92 Å². The number of amides is 4. The first-order chi connectivity index (χ1) is 16.0. The number of morpholine rings is 1. The predicted molar refractivity (Wildman–Crippen MR) is 122 cm³/mol. The molecule has 2 heterocycles. The van der Waals surface area contributed by atoms with E-state index < -0.39 is 11.6 Å². The summed E-state index contributed by atoms with van der Waals surface area (Å²) in [4.78, 5) is 41.3. The smallest absolute Gasteiger partial charge is 0.325 e. The zero-order valence-electron chi connectivity index (χ0n) is 19.3. The Morgan fingerprint density at radius 3 is 2.88 bits per heavy atom. The molecule has 9 nitrogen and oxygen atoms in total. The Morgan fingerprint density at radius 2 is 2.09 bits per heavy atom. The molecule has 4 rings (SSSR count). The zero-order valence-corrected chi connectivity index (χ0v) is 19.3. The van der Waals surface area contributed by atoms with Gasteiger partial charge in [-0.1, -0.05) is 31.9 Å². The highest BCUT2D eigenvalue weighted by Gasteiger charge is 2.55. The highest BCUT2D eigenvalue weighted by molar-refractivity contribution is 6.09. The van der Waals surface area contributed by atoms with Crippen LogP contribution in [0.4, 0.5) is 4.79 Å². The third-order valence-electron chi connectivity index (χ3n) is 6.97. The monoisotopic (exact) mass is 458 g/mol. The van der Waals surface area contributed by atoms with E-state index in [1.165, 1.54) is 0 Å². The van der Waals surface area contributed by atoms with E-state index in [2.05, 4.69) is 15.5 Å². The van der Waals surface area contributed by atoms with E-state index in [1.54, 1.807) is 0 Å². The Kier molecular flexibility index (Phi) is 7.49. The quantitative estimate of drug-likeness (QED) is 0.573. The molecular formula is C24H34N4O5. The van der Waals surface area contributed by atoms with Crippen molar-refractivity contribution < 1.29 is 23.9 Å². The lowest BCUT2D eigenvalue weighted by Gasteiger charge is -2.36. The second-order valence-electron chi connectivity index (χ2n) is 9.17. The fourth-order valence-corrected chi connectivity index (χ4v) is 4.90. The maximum atomic E-state index is 13.0. The number of hydrogen-bond donors (Lipinski definition) is 2. The molecule has 2 N–H and O–H groups in total. The van der Waals surface area contributed by atoms with E-state index in [4.69, 9.17) is 9.47 Å². The maximum Gasteiger partial charge on any atom is 0.325 e. The van der Waals surface area contributed by atoms with Crippen LogP contribution in [-0.2, 0) is 20.9 Å². The Bertz CT molecular complexity index is 872. The van der Waals surface area contributed by atoms with Crippen molar-refractivity contribution in [2.24, 2.45) is 5.92 Å². The van der Waals surface area contributed by atoms with Crippen molar-refractivity contribution in [1.29, 1.82) is 0 Å². The van der Waals surface area contributed by atoms with Gasteiger partial charge in [0.1, 0.15) is 24.4 Å². The molecule has 2 aliphatic heterocycles. The summed E-state index contributed by atoms with van der Waals surface area (Å²) < 4.78 is 11.2. The molecule has 180 valence electrons. The molecule has 2 saturated heterocycles. The summed E-state index contributed by atoms with van der Waals surface area (Å²) >= 11 is 0. The summed E-state index contributed by atoms with van der Waals surface area (Å²) in [6.07, 6.45) is 3.50. The van der Waals surface area contributed by atoms with Crippen LogP contribution in [0.25, 0.3) is 0 Å². The molecule has 2 unspecified atom stereocenters. The van der Waals surface area contributed by atoms with E-state index in [1.807, 2.05) is 31.2 Å². The van der Waals surface area contributed by atoms with Gasteiger partial charge in [-0.05, 0) is 36.5 Å². The molecule has 1 spiro atoms. The molecule has 1 aromatic rings. The number of carbonyl (C=O) groups excluding carboxylic acids is 3. The lowest BCUT2D eigenvalue weighted by molar-refractivity contribution is -0.137. The summed E-state index contributed by atoms with van der Waals surface area (Å²) in [7, 11) is 0. The fourth-order valence-electron chi connectivity index (χ4n) is 4.90. The molecular weight excluding hydrogens is 424 g/mol. The van der Waals surface area contributed by atoms with Crippen LogP contribution in [0.3, 0.4) is 0 Å². The van der Waals surface area contributed by atoms with Crippen molar-refractivity contribution in [3.05, 3.63) is 29.8 Å². The number of urea groups is 1. The van der Waals surface area contributed by atoms with Crippen molar-refractivity contribution in [3.8, 4) is 5.75 Å². The first kappa shape index (κ1) is 23.5. The van der Waals surface area contributed by atoms with Gasteiger partial charge in [-0.2, -0.15) is 0 Å². The van der Waals surface area contributed by atoms with Gasteiger partial charge in [-0.3, -0.25) is 19.4 Å². The minimum Gasteiger partial charge on any atom is -0.492 e. The fraction of sp³-hybridized carbons (Fsp3) is 0.625. The van der Waals surface area contributed by atoms with Crippen LogP contribution < -0.4 is 15.4 Å². The molecule has 4 amide bonds. The van der Waals surface area contributed by atoms with E-state index in [9.17, 15) is 14.4 Å². The van der Waals surface area contributed by atoms with Crippen molar-refractivity contribution in [1.82, 2.24) is 20.4 Å². The maximum absolute atomic E-state index is 13.0. The third-order valence-corrected chi connectivity index (χ3v) is 6.97. The van der Waals surface area contributed by atoms with E-state index >= 15 is 0 Å². The lowest BCUT2D eigenvalue weighted by Crippen LogP contribution is -2.54. The number of rotatable bonds is 8. The van der Waals surface area contributed by atoms with Gasteiger partial charge in [-0.15, -0.1) is 0 Å². The first-order valence-corrected chi connectivity index (χ1v) is 11.9. The van der Waals surface area contributed by atoms with Gasteiger partial charge in [0.15, 0.2) is 0 Å². The van der Waals surface area contributed by atoms with Crippen molar-refractivity contribution in [2.75, 3.05) is 46.0 Å². The molecule has 1 aliphatic carbocycles. The zero-order chi connectivity index (χ0) is 23.3. The van der Waals surface area contributed by atoms with Gasteiger partial charge in [-0.25, -0.2) is 4.79 Å². The predicted octanol–water partition coefficient (Wildman–Crippen LogP) is 1.51. The summed E-state index contributed by atoms with van der Waals surface area (Å²) in [5.41, 5.74) is 0.0458. The molecule has 33 heavy (non-hydrogen) atoms. The average Bonchev–Trinajstić information content (AvgIpc) is 3.05. The highest BCUT2D eigenvalue weighted by Crippen LogP contribution is 2.38. The summed E-state index contributed by atoms with van der Waals surface area (Å²) in [5, 5.41) is 5.69. The van der Waals surface area contributed by atoms with Gasteiger partial charge in [0.2, 0.25) is 5.91 Å². The molecule has 1 aromatic carbocycles. The van der Waals surface area contributed by atoms with E-state index in [0.29, 0.717) is 19.6 Å². The average molecular weight is 459 g/mol. The third kappa shape index (κ3) is 5.47. The van der Waals surface area contributed by atoms with E-state index in [0.717, 1.165) is 68.3 Å².